The minimum Gasteiger partial charge on any atom is -0.484 e. The van der Waals surface area contributed by atoms with Gasteiger partial charge in [-0.2, -0.15) is 0 Å². The Kier molecular flexibility index (Phi) is 7.56. The van der Waals surface area contributed by atoms with Gasteiger partial charge in [0.1, 0.15) is 17.3 Å². The highest BCUT2D eigenvalue weighted by Crippen LogP contribution is 2.32. The Morgan fingerprint density at radius 2 is 1.68 bits per heavy atom. The number of rotatable bonds is 7. The average Bonchev–Trinajstić information content (AvgIpc) is 3.44. The summed E-state index contributed by atoms with van der Waals surface area (Å²) >= 11 is 1.48. The third-order valence-electron chi connectivity index (χ3n) is 6.39. The summed E-state index contributed by atoms with van der Waals surface area (Å²) in [5.74, 6) is -0.0223. The van der Waals surface area contributed by atoms with E-state index in [4.69, 9.17) is 4.74 Å². The van der Waals surface area contributed by atoms with Crippen LogP contribution in [0.5, 0.6) is 5.75 Å². The van der Waals surface area contributed by atoms with Crippen LogP contribution in [-0.2, 0) is 4.79 Å². The summed E-state index contributed by atoms with van der Waals surface area (Å²) in [6.45, 7) is 1.12. The third-order valence-corrected chi connectivity index (χ3v) is 7.39. The molecule has 188 valence electrons. The molecule has 5 rings (SSSR count). The van der Waals surface area contributed by atoms with E-state index in [-0.39, 0.29) is 30.2 Å². The molecule has 1 fully saturated rings. The van der Waals surface area contributed by atoms with Gasteiger partial charge in [-0.05, 0) is 48.7 Å². The lowest BCUT2D eigenvalue weighted by Crippen LogP contribution is -2.40. The molecule has 2 heterocycles. The molecule has 37 heavy (non-hydrogen) atoms. The van der Waals surface area contributed by atoms with E-state index in [1.54, 1.807) is 10.3 Å². The van der Waals surface area contributed by atoms with Crippen molar-refractivity contribution < 1.29 is 18.7 Å². The number of nitrogens with zero attached hydrogens (tertiary/aromatic N) is 2. The molecule has 1 saturated heterocycles. The Morgan fingerprint density at radius 1 is 0.973 bits per heavy atom. The highest BCUT2D eigenvalue weighted by atomic mass is 32.1. The van der Waals surface area contributed by atoms with Crippen LogP contribution in [0, 0.1) is 5.82 Å². The maximum absolute atomic E-state index is 13.0. The summed E-state index contributed by atoms with van der Waals surface area (Å²) in [7, 11) is 0. The zero-order chi connectivity index (χ0) is 25.6. The summed E-state index contributed by atoms with van der Waals surface area (Å²) in [6.07, 6.45) is 1.54. The Labute approximate surface area is 218 Å². The number of likely N-dealkylation sites (tertiary alicyclic amines) is 1. The van der Waals surface area contributed by atoms with Gasteiger partial charge in [-0.15, -0.1) is 11.3 Å². The zero-order valence-corrected chi connectivity index (χ0v) is 20.9. The van der Waals surface area contributed by atoms with Crippen molar-refractivity contribution in [3.05, 3.63) is 101 Å². The standard InChI is InChI=1S/C29H26FN3O3S/c30-22-10-12-23(13-11-22)36-18-27(34)33-16-14-21(15-17-33)29-32-26(19-37-29)28(35)31-25-9-5-4-8-24(25)20-6-2-1-3-7-20/h1-13,19,21H,14-18H2,(H,31,35). The number of ether oxygens (including phenoxy) is 1. The van der Waals surface area contributed by atoms with Crippen LogP contribution in [0.2, 0.25) is 0 Å². The topological polar surface area (TPSA) is 71.5 Å². The first-order valence-electron chi connectivity index (χ1n) is 12.1. The monoisotopic (exact) mass is 515 g/mol. The molecule has 0 atom stereocenters. The quantitative estimate of drug-likeness (QED) is 0.328. The first kappa shape index (κ1) is 24.6. The Balaban J connectivity index is 1.15. The molecule has 0 saturated carbocycles. The van der Waals surface area contributed by atoms with Gasteiger partial charge in [0.25, 0.3) is 11.8 Å². The molecule has 0 aliphatic carbocycles. The normalized spacial score (nSPS) is 13.8. The van der Waals surface area contributed by atoms with Gasteiger partial charge >= 0.3 is 0 Å². The molecule has 0 unspecified atom stereocenters. The number of thiazole rings is 1. The number of aromatic nitrogens is 1. The SMILES string of the molecule is O=C(Nc1ccccc1-c1ccccc1)c1csc(C2CCN(C(=O)COc3ccc(F)cc3)CC2)n1. The Morgan fingerprint density at radius 3 is 2.43 bits per heavy atom. The predicted octanol–water partition coefficient (Wildman–Crippen LogP) is 5.99. The van der Waals surface area contributed by atoms with Crippen LogP contribution >= 0.6 is 11.3 Å². The van der Waals surface area contributed by atoms with Gasteiger partial charge in [-0.1, -0.05) is 48.5 Å². The van der Waals surface area contributed by atoms with Crippen molar-refractivity contribution in [2.45, 2.75) is 18.8 Å². The zero-order valence-electron chi connectivity index (χ0n) is 20.1. The molecule has 1 N–H and O–H groups in total. The summed E-state index contributed by atoms with van der Waals surface area (Å²) < 4.78 is 18.5. The predicted molar refractivity (Wildman–Crippen MR) is 142 cm³/mol. The lowest BCUT2D eigenvalue weighted by Gasteiger charge is -2.31. The van der Waals surface area contributed by atoms with E-state index < -0.39 is 0 Å². The number of carbonyl (C=O) groups excluding carboxylic acids is 2. The number of hydrogen-bond acceptors (Lipinski definition) is 5. The molecule has 6 nitrogen and oxygen atoms in total. The number of hydrogen-bond donors (Lipinski definition) is 1. The van der Waals surface area contributed by atoms with Crippen LogP contribution < -0.4 is 10.1 Å². The maximum atomic E-state index is 13.0. The Bertz CT molecular complexity index is 1370. The van der Waals surface area contributed by atoms with E-state index in [0.717, 1.165) is 34.7 Å². The van der Waals surface area contributed by atoms with Gasteiger partial charge in [0.2, 0.25) is 0 Å². The van der Waals surface area contributed by atoms with E-state index in [2.05, 4.69) is 10.3 Å². The Hall–Kier alpha value is -4.04. The molecule has 4 aromatic rings. The van der Waals surface area contributed by atoms with E-state index >= 15 is 0 Å². The van der Waals surface area contributed by atoms with Crippen molar-refractivity contribution >= 4 is 28.8 Å². The largest absolute Gasteiger partial charge is 0.484 e. The highest BCUT2D eigenvalue weighted by Gasteiger charge is 2.26. The molecule has 1 aromatic heterocycles. The second kappa shape index (κ2) is 11.3. The van der Waals surface area contributed by atoms with Crippen molar-refractivity contribution in [3.8, 4) is 16.9 Å². The molecule has 0 radical (unpaired) electrons. The number of halogens is 1. The van der Waals surface area contributed by atoms with Crippen molar-refractivity contribution in [2.24, 2.45) is 0 Å². The van der Waals surface area contributed by atoms with Gasteiger partial charge < -0.3 is 15.0 Å². The van der Waals surface area contributed by atoms with Gasteiger partial charge in [0.15, 0.2) is 6.61 Å². The fourth-order valence-electron chi connectivity index (χ4n) is 4.37. The van der Waals surface area contributed by atoms with E-state index in [1.165, 1.54) is 35.6 Å². The van der Waals surface area contributed by atoms with Gasteiger partial charge in [-0.25, -0.2) is 9.37 Å². The summed E-state index contributed by atoms with van der Waals surface area (Å²) in [5, 5.41) is 5.72. The number of amides is 2. The first-order valence-corrected chi connectivity index (χ1v) is 13.0. The van der Waals surface area contributed by atoms with E-state index in [1.807, 2.05) is 54.6 Å². The molecule has 1 aliphatic rings. The molecule has 1 aliphatic heterocycles. The second-order valence-electron chi connectivity index (χ2n) is 8.83. The summed E-state index contributed by atoms with van der Waals surface area (Å²) in [5.41, 5.74) is 3.12. The van der Waals surface area contributed by atoms with Crippen LogP contribution in [0.4, 0.5) is 10.1 Å². The van der Waals surface area contributed by atoms with E-state index in [9.17, 15) is 14.0 Å². The van der Waals surface area contributed by atoms with Crippen LogP contribution in [0.15, 0.2) is 84.2 Å². The molecule has 2 amide bonds. The second-order valence-corrected chi connectivity index (χ2v) is 9.72. The minimum atomic E-state index is -0.347. The van der Waals surface area contributed by atoms with Crippen LogP contribution in [-0.4, -0.2) is 41.4 Å². The fourth-order valence-corrected chi connectivity index (χ4v) is 5.34. The third kappa shape index (κ3) is 6.03. The van der Waals surface area contributed by atoms with Crippen LogP contribution in [0.25, 0.3) is 11.1 Å². The van der Waals surface area contributed by atoms with Crippen molar-refractivity contribution in [2.75, 3.05) is 25.0 Å². The van der Waals surface area contributed by atoms with Crippen molar-refractivity contribution in [1.82, 2.24) is 9.88 Å². The van der Waals surface area contributed by atoms with Crippen LogP contribution in [0.3, 0.4) is 0 Å². The highest BCUT2D eigenvalue weighted by molar-refractivity contribution is 7.10. The molecular formula is C29H26FN3O3S. The number of para-hydroxylation sites is 1. The van der Waals surface area contributed by atoms with Gasteiger partial charge in [0, 0.05) is 35.6 Å². The number of benzene rings is 3. The van der Waals surface area contributed by atoms with Crippen LogP contribution in [0.1, 0.15) is 34.3 Å². The lowest BCUT2D eigenvalue weighted by molar-refractivity contribution is -0.134. The van der Waals surface area contributed by atoms with Gasteiger partial charge in [-0.3, -0.25) is 9.59 Å². The minimum absolute atomic E-state index is 0.0810. The molecule has 0 spiro atoms. The van der Waals surface area contributed by atoms with Crippen molar-refractivity contribution in [1.29, 1.82) is 0 Å². The maximum Gasteiger partial charge on any atom is 0.275 e. The number of anilines is 1. The summed E-state index contributed by atoms with van der Waals surface area (Å²) in [4.78, 5) is 31.9. The van der Waals surface area contributed by atoms with E-state index in [0.29, 0.717) is 24.5 Å². The fraction of sp³-hybridized carbons (Fsp3) is 0.207. The molecule has 8 heteroatoms. The number of piperidine rings is 1. The van der Waals surface area contributed by atoms with Gasteiger partial charge in [0.05, 0.1) is 5.01 Å². The van der Waals surface area contributed by atoms with Crippen molar-refractivity contribution in [3.63, 3.8) is 0 Å². The summed E-state index contributed by atoms with van der Waals surface area (Å²) in [6, 6.07) is 23.3. The smallest absolute Gasteiger partial charge is 0.275 e. The number of nitrogens with one attached hydrogen (secondary N) is 1. The average molecular weight is 516 g/mol. The first-order chi connectivity index (χ1) is 18.1. The molecule has 3 aromatic carbocycles. The lowest BCUT2D eigenvalue weighted by atomic mass is 9.97. The molecule has 0 bridgehead atoms. The number of carbonyl (C=O) groups is 2. The molecular weight excluding hydrogens is 489 g/mol.